The van der Waals surface area contributed by atoms with Crippen LogP contribution in [-0.4, -0.2) is 28.3 Å². The van der Waals surface area contributed by atoms with Gasteiger partial charge in [0.25, 0.3) is 0 Å². The highest BCUT2D eigenvalue weighted by atomic mass is 33.0. The fourth-order valence-electron chi connectivity index (χ4n) is 1.60. The minimum Gasteiger partial charge on any atom is -0.480 e. The molecule has 0 saturated carbocycles. The lowest BCUT2D eigenvalue weighted by Gasteiger charge is -2.35. The normalized spacial score (nSPS) is 23.3. The Bertz CT molecular complexity index is 229. The van der Waals surface area contributed by atoms with Crippen molar-refractivity contribution in [3.8, 4) is 0 Å². The van der Waals surface area contributed by atoms with E-state index >= 15 is 0 Å². The van der Waals surface area contributed by atoms with E-state index in [1.54, 1.807) is 0 Å². The van der Waals surface area contributed by atoms with Gasteiger partial charge in [-0.25, -0.2) is 0 Å². The van der Waals surface area contributed by atoms with E-state index in [1.807, 2.05) is 0 Å². The maximum absolute atomic E-state index is 11.1. The molecule has 3 nitrogen and oxygen atoms in total. The Morgan fingerprint density at radius 2 is 1.80 bits per heavy atom. The van der Waals surface area contributed by atoms with Crippen molar-refractivity contribution in [2.24, 2.45) is 0 Å². The summed E-state index contributed by atoms with van der Waals surface area (Å²) in [5.41, 5.74) is 0. The van der Waals surface area contributed by atoms with E-state index in [1.165, 1.54) is 0 Å². The van der Waals surface area contributed by atoms with Gasteiger partial charge in [-0.15, -0.1) is 35.7 Å². The summed E-state index contributed by atoms with van der Waals surface area (Å²) in [5.74, 6) is -0.654. The van der Waals surface area contributed by atoms with E-state index in [9.17, 15) is 4.79 Å². The first-order valence-electron chi connectivity index (χ1n) is 4.33. The lowest BCUT2D eigenvalue weighted by molar-refractivity contribution is -0.140. The standard InChI is InChI=1S/C5H16NO2P7/c7-5(8)4-2-1-3-6(4)13(14(9)10)15(11)12/h4H,1-3,9-12H2,(H,7,8)/t4-/m0/s1. The van der Waals surface area contributed by atoms with E-state index in [2.05, 4.69) is 40.4 Å². The van der Waals surface area contributed by atoms with Crippen molar-refractivity contribution in [2.45, 2.75) is 18.9 Å². The second-order valence-electron chi connectivity index (χ2n) is 3.19. The smallest absolute Gasteiger partial charge is 0.321 e. The molecule has 1 aliphatic rings. The zero-order valence-corrected chi connectivity index (χ0v) is 15.5. The fraction of sp³-hybridized carbons (Fsp3) is 0.800. The van der Waals surface area contributed by atoms with Crippen molar-refractivity contribution >= 4 is 63.1 Å². The van der Waals surface area contributed by atoms with Crippen LogP contribution in [0.5, 0.6) is 0 Å². The van der Waals surface area contributed by atoms with Gasteiger partial charge in [0.15, 0.2) is 0 Å². The summed E-state index contributed by atoms with van der Waals surface area (Å²) in [6.45, 7) is 0.515. The van der Waals surface area contributed by atoms with Crippen LogP contribution in [0.4, 0.5) is 0 Å². The number of carbonyl (C=O) groups is 1. The molecule has 0 aromatic heterocycles. The van der Waals surface area contributed by atoms with Crippen LogP contribution in [0.2, 0.25) is 0 Å². The Morgan fingerprint density at radius 3 is 2.20 bits per heavy atom. The highest BCUT2D eigenvalue weighted by molar-refractivity contribution is 8.96. The van der Waals surface area contributed by atoms with Gasteiger partial charge >= 0.3 is 5.97 Å². The van der Waals surface area contributed by atoms with Crippen molar-refractivity contribution in [2.75, 3.05) is 6.54 Å². The van der Waals surface area contributed by atoms with E-state index in [4.69, 9.17) is 5.11 Å². The summed E-state index contributed by atoms with van der Waals surface area (Å²) < 4.78 is 2.23. The number of hydrogen-bond donors (Lipinski definition) is 1. The summed E-state index contributed by atoms with van der Waals surface area (Å²) in [7, 11) is 11.1. The molecule has 0 spiro atoms. The molecule has 10 heteroatoms. The molecule has 0 aromatic rings. The molecule has 5 atom stereocenters. The number of aliphatic carboxylic acids is 1. The molecule has 0 bridgehead atoms. The van der Waals surface area contributed by atoms with Gasteiger partial charge in [-0.1, -0.05) is 0 Å². The quantitative estimate of drug-likeness (QED) is 0.790. The second-order valence-corrected chi connectivity index (χ2v) is 27.2. The van der Waals surface area contributed by atoms with Gasteiger partial charge in [0.2, 0.25) is 0 Å². The van der Waals surface area contributed by atoms with Crippen LogP contribution in [0.15, 0.2) is 0 Å². The molecule has 4 unspecified atom stereocenters. The molecular weight excluding hydrogens is 323 g/mol. The molecule has 88 valence electrons. The van der Waals surface area contributed by atoms with Gasteiger partial charge in [-0.3, -0.25) is 9.46 Å². The Balaban J connectivity index is 2.78. The third-order valence-corrected chi connectivity index (χ3v) is 26.4. The van der Waals surface area contributed by atoms with Crippen molar-refractivity contribution in [3.05, 3.63) is 0 Å². The predicted molar refractivity (Wildman–Crippen MR) is 87.0 cm³/mol. The van der Waals surface area contributed by atoms with E-state index in [0.717, 1.165) is 19.4 Å². The number of hydrogen-bond acceptors (Lipinski definition) is 2. The third-order valence-electron chi connectivity index (χ3n) is 2.15. The summed E-state index contributed by atoms with van der Waals surface area (Å²) in [5, 5.41) is 9.15. The van der Waals surface area contributed by atoms with Crippen LogP contribution in [0.1, 0.15) is 12.8 Å². The molecule has 0 aliphatic carbocycles. The largest absolute Gasteiger partial charge is 0.480 e. The van der Waals surface area contributed by atoms with E-state index < -0.39 is 5.97 Å². The molecule has 1 fully saturated rings. The monoisotopic (exact) mass is 339 g/mol. The molecular formula is C5H16NO2P7. The Kier molecular flexibility index (Phi) is 7.37. The Labute approximate surface area is 103 Å². The predicted octanol–water partition coefficient (Wildman–Crippen LogP) is 3.89. The number of nitrogens with zero attached hydrogens (tertiary/aromatic N) is 1. The molecule has 1 heterocycles. The van der Waals surface area contributed by atoms with Gasteiger partial charge in [-0.2, -0.15) is 0 Å². The Morgan fingerprint density at radius 1 is 1.27 bits per heavy atom. The highest BCUT2D eigenvalue weighted by Crippen LogP contribution is 2.98. The van der Waals surface area contributed by atoms with Crippen LogP contribution in [0, 0.1) is 0 Å². The minimum absolute atomic E-state index is 0.218. The summed E-state index contributed by atoms with van der Waals surface area (Å²) in [6, 6.07) is -0.242. The van der Waals surface area contributed by atoms with Crippen LogP contribution in [-0.2, 0) is 4.79 Å². The molecule has 1 aliphatic heterocycles. The first-order chi connectivity index (χ1) is 6.95. The number of carboxylic acid groups (broad SMARTS) is 1. The fourth-order valence-corrected chi connectivity index (χ4v) is 39.4. The molecule has 0 radical (unpaired) electrons. The summed E-state index contributed by atoms with van der Waals surface area (Å²) >= 11 is 0. The van der Waals surface area contributed by atoms with E-state index in [0.29, 0.717) is 0 Å². The molecule has 1 rings (SSSR count). The second kappa shape index (κ2) is 7.13. The topological polar surface area (TPSA) is 40.5 Å². The first-order valence-corrected chi connectivity index (χ1v) is 16.2. The SMILES string of the molecule is O=C(O)[C@@H]1CCCN1P(P(P)P)P(P)P. The zero-order valence-electron chi connectivity index (χ0n) is 8.15. The van der Waals surface area contributed by atoms with Gasteiger partial charge in [-0.05, 0) is 26.8 Å². The number of rotatable bonds is 4. The highest BCUT2D eigenvalue weighted by Gasteiger charge is 2.38. The van der Waals surface area contributed by atoms with Crippen molar-refractivity contribution < 1.29 is 9.90 Å². The average molecular weight is 339 g/mol. The van der Waals surface area contributed by atoms with Crippen LogP contribution >= 0.6 is 57.1 Å². The first kappa shape index (κ1) is 15.5. The summed E-state index contributed by atoms with van der Waals surface area (Å²) in [6.07, 6.45) is 1.83. The molecule has 1 N–H and O–H groups in total. The maximum atomic E-state index is 11.1. The third kappa shape index (κ3) is 4.24. The van der Waals surface area contributed by atoms with E-state index in [-0.39, 0.29) is 27.5 Å². The van der Waals surface area contributed by atoms with Crippen LogP contribution in [0.25, 0.3) is 0 Å². The van der Waals surface area contributed by atoms with Crippen LogP contribution in [0.3, 0.4) is 0 Å². The van der Waals surface area contributed by atoms with Crippen molar-refractivity contribution in [1.29, 1.82) is 0 Å². The van der Waals surface area contributed by atoms with Crippen molar-refractivity contribution in [1.82, 2.24) is 4.67 Å². The van der Waals surface area contributed by atoms with Gasteiger partial charge in [0.1, 0.15) is 6.04 Å². The maximum Gasteiger partial charge on any atom is 0.321 e. The lowest BCUT2D eigenvalue weighted by atomic mass is 10.2. The van der Waals surface area contributed by atoms with Gasteiger partial charge in [0.05, 0.1) is 0 Å². The zero-order chi connectivity index (χ0) is 11.6. The molecule has 0 amide bonds. The van der Waals surface area contributed by atoms with Crippen molar-refractivity contribution in [3.63, 3.8) is 0 Å². The molecule has 0 aromatic carbocycles. The van der Waals surface area contributed by atoms with Crippen LogP contribution < -0.4 is 0 Å². The molecule has 15 heavy (non-hydrogen) atoms. The molecule has 1 saturated heterocycles. The number of carboxylic acids is 1. The Hall–Kier alpha value is 2.44. The summed E-state index contributed by atoms with van der Waals surface area (Å²) in [4.78, 5) is 11.1. The van der Waals surface area contributed by atoms with Gasteiger partial charge < -0.3 is 5.11 Å². The van der Waals surface area contributed by atoms with Gasteiger partial charge in [0, 0.05) is 14.0 Å². The lowest BCUT2D eigenvalue weighted by Crippen LogP contribution is -2.30. The minimum atomic E-state index is -0.654. The average Bonchev–Trinajstić information content (AvgIpc) is 2.51.